The second-order valence-corrected chi connectivity index (χ2v) is 5.56. The van der Waals surface area contributed by atoms with Crippen molar-refractivity contribution in [3.05, 3.63) is 59.0 Å². The van der Waals surface area contributed by atoms with Crippen LogP contribution in [-0.2, 0) is 6.54 Å². The quantitative estimate of drug-likeness (QED) is 0.780. The Balaban J connectivity index is 1.58. The van der Waals surface area contributed by atoms with Gasteiger partial charge in [-0.1, -0.05) is 46.6 Å². The minimum Gasteiger partial charge on any atom is -0.355 e. The molecule has 7 heteroatoms. The Morgan fingerprint density at radius 1 is 1.35 bits per heavy atom. The number of aromatic nitrogens is 3. The number of rotatable bonds is 5. The summed E-state index contributed by atoms with van der Waals surface area (Å²) in [4.78, 5) is 12.0. The predicted molar refractivity (Wildman–Crippen MR) is 86.2 cm³/mol. The average Bonchev–Trinajstić information content (AvgIpc) is 3.17. The fourth-order valence-corrected chi connectivity index (χ4v) is 2.23. The van der Waals surface area contributed by atoms with Gasteiger partial charge in [-0.15, -0.1) is 0 Å². The summed E-state index contributed by atoms with van der Waals surface area (Å²) >= 11 is 5.78. The van der Waals surface area contributed by atoms with Gasteiger partial charge in [-0.2, -0.15) is 5.10 Å². The minimum absolute atomic E-state index is 0.249. The number of carbonyl (C=O) groups excluding carboxylic acids is 1. The zero-order valence-corrected chi connectivity index (χ0v) is 13.2. The molecule has 2 aromatic heterocycles. The fourth-order valence-electron chi connectivity index (χ4n) is 2.07. The van der Waals surface area contributed by atoms with Crippen molar-refractivity contribution in [3.8, 4) is 11.3 Å². The van der Waals surface area contributed by atoms with Crippen LogP contribution in [0.3, 0.4) is 0 Å². The van der Waals surface area contributed by atoms with Crippen LogP contribution in [0.25, 0.3) is 11.3 Å². The van der Waals surface area contributed by atoms with Gasteiger partial charge < -0.3 is 9.84 Å². The summed E-state index contributed by atoms with van der Waals surface area (Å²) in [6, 6.07) is 9.45. The molecular formula is C16H15ClN4O2. The Morgan fingerprint density at radius 3 is 2.83 bits per heavy atom. The summed E-state index contributed by atoms with van der Waals surface area (Å²) in [5.74, 6) is 0.277. The molecule has 1 amide bonds. The van der Waals surface area contributed by atoms with Crippen LogP contribution < -0.4 is 5.32 Å². The molecule has 0 spiro atoms. The summed E-state index contributed by atoms with van der Waals surface area (Å²) < 4.78 is 6.89. The maximum Gasteiger partial charge on any atom is 0.273 e. The molecule has 0 aliphatic heterocycles. The first-order valence-electron chi connectivity index (χ1n) is 7.12. The third kappa shape index (κ3) is 3.78. The number of halogens is 1. The maximum atomic E-state index is 12.0. The highest BCUT2D eigenvalue weighted by Crippen LogP contribution is 2.20. The molecule has 3 aromatic rings. The molecule has 0 fully saturated rings. The molecular weight excluding hydrogens is 316 g/mol. The molecule has 0 bridgehead atoms. The summed E-state index contributed by atoms with van der Waals surface area (Å²) in [6.45, 7) is 2.96. The molecule has 23 heavy (non-hydrogen) atoms. The average molecular weight is 331 g/mol. The van der Waals surface area contributed by atoms with E-state index >= 15 is 0 Å². The second kappa shape index (κ2) is 6.66. The topological polar surface area (TPSA) is 73.0 Å². The first kappa shape index (κ1) is 15.3. The number of benzene rings is 1. The minimum atomic E-state index is -0.287. The lowest BCUT2D eigenvalue weighted by Crippen LogP contribution is -2.27. The third-order valence-electron chi connectivity index (χ3n) is 3.31. The molecule has 0 saturated heterocycles. The molecule has 3 rings (SSSR count). The van der Waals surface area contributed by atoms with Crippen molar-refractivity contribution < 1.29 is 9.32 Å². The summed E-state index contributed by atoms with van der Waals surface area (Å²) in [7, 11) is 0. The smallest absolute Gasteiger partial charge is 0.273 e. The Kier molecular flexibility index (Phi) is 4.43. The molecule has 6 nitrogen and oxygen atoms in total. The van der Waals surface area contributed by atoms with Crippen molar-refractivity contribution in [1.82, 2.24) is 20.3 Å². The second-order valence-electron chi connectivity index (χ2n) is 5.12. The number of hydrogen-bond acceptors (Lipinski definition) is 4. The Bertz CT molecular complexity index is 808. The normalized spacial score (nSPS) is 10.7. The van der Waals surface area contributed by atoms with E-state index in [1.165, 1.54) is 0 Å². The molecule has 0 unspecified atom stereocenters. The van der Waals surface area contributed by atoms with Crippen molar-refractivity contribution in [2.45, 2.75) is 13.5 Å². The molecule has 118 valence electrons. The van der Waals surface area contributed by atoms with Gasteiger partial charge in [0.25, 0.3) is 5.91 Å². The van der Waals surface area contributed by atoms with E-state index in [9.17, 15) is 4.79 Å². The number of amides is 1. The molecule has 0 radical (unpaired) electrons. The first-order valence-corrected chi connectivity index (χ1v) is 7.49. The highest BCUT2D eigenvalue weighted by molar-refractivity contribution is 6.30. The summed E-state index contributed by atoms with van der Waals surface area (Å²) in [5.41, 5.74) is 2.29. The lowest BCUT2D eigenvalue weighted by Gasteiger charge is -2.02. The lowest BCUT2D eigenvalue weighted by molar-refractivity contribution is 0.0943. The van der Waals surface area contributed by atoms with E-state index < -0.39 is 0 Å². The van der Waals surface area contributed by atoms with E-state index in [2.05, 4.69) is 15.6 Å². The van der Waals surface area contributed by atoms with Crippen molar-refractivity contribution in [1.29, 1.82) is 0 Å². The number of hydrogen-bond donors (Lipinski definition) is 1. The van der Waals surface area contributed by atoms with Gasteiger partial charge in [0.05, 0.1) is 17.8 Å². The van der Waals surface area contributed by atoms with Crippen LogP contribution in [0.1, 0.15) is 16.1 Å². The van der Waals surface area contributed by atoms with E-state index in [4.69, 9.17) is 16.1 Å². The zero-order chi connectivity index (χ0) is 16.2. The van der Waals surface area contributed by atoms with Crippen LogP contribution in [0, 0.1) is 6.92 Å². The molecule has 2 heterocycles. The highest BCUT2D eigenvalue weighted by atomic mass is 35.5. The predicted octanol–water partition coefficient (Wildman–Crippen LogP) is 2.93. The zero-order valence-electron chi connectivity index (χ0n) is 12.5. The third-order valence-corrected chi connectivity index (χ3v) is 3.50. The van der Waals surface area contributed by atoms with Gasteiger partial charge in [0.1, 0.15) is 0 Å². The molecule has 1 aromatic carbocycles. The van der Waals surface area contributed by atoms with Gasteiger partial charge in [0.15, 0.2) is 11.5 Å². The van der Waals surface area contributed by atoms with Gasteiger partial charge in [0, 0.05) is 24.4 Å². The Morgan fingerprint density at radius 2 is 2.13 bits per heavy atom. The summed E-state index contributed by atoms with van der Waals surface area (Å²) in [6.07, 6.45) is 3.24. The van der Waals surface area contributed by atoms with Gasteiger partial charge in [-0.3, -0.25) is 9.48 Å². The van der Waals surface area contributed by atoms with E-state index in [-0.39, 0.29) is 11.6 Å². The van der Waals surface area contributed by atoms with E-state index in [0.29, 0.717) is 23.9 Å². The van der Waals surface area contributed by atoms with Crippen molar-refractivity contribution >= 4 is 17.5 Å². The van der Waals surface area contributed by atoms with Gasteiger partial charge >= 0.3 is 0 Å². The molecule has 1 N–H and O–H groups in total. The van der Waals surface area contributed by atoms with Crippen LogP contribution in [0.15, 0.2) is 47.2 Å². The SMILES string of the molecule is Cc1ccc(-c2cc(C(=O)NCCn3cc(Cl)cn3)no2)cc1. The monoisotopic (exact) mass is 330 g/mol. The van der Waals surface area contributed by atoms with E-state index in [1.54, 1.807) is 23.1 Å². The van der Waals surface area contributed by atoms with Crippen molar-refractivity contribution in [3.63, 3.8) is 0 Å². The molecule has 0 aliphatic carbocycles. The number of carbonyl (C=O) groups is 1. The number of nitrogens with one attached hydrogen (secondary N) is 1. The Hall–Kier alpha value is -2.60. The van der Waals surface area contributed by atoms with Crippen LogP contribution in [0.5, 0.6) is 0 Å². The standard InChI is InChI=1S/C16H15ClN4O2/c1-11-2-4-12(5-3-11)15-8-14(20-23-15)16(22)18-6-7-21-10-13(17)9-19-21/h2-5,8-10H,6-7H2,1H3,(H,18,22). The van der Waals surface area contributed by atoms with Gasteiger partial charge in [-0.05, 0) is 6.92 Å². The van der Waals surface area contributed by atoms with E-state index in [1.807, 2.05) is 31.2 Å². The van der Waals surface area contributed by atoms with Crippen LogP contribution >= 0.6 is 11.6 Å². The Labute approximate surface area is 138 Å². The van der Waals surface area contributed by atoms with Gasteiger partial charge in [-0.25, -0.2) is 0 Å². The number of aryl methyl sites for hydroxylation is 1. The van der Waals surface area contributed by atoms with Crippen molar-refractivity contribution in [2.75, 3.05) is 6.54 Å². The lowest BCUT2D eigenvalue weighted by atomic mass is 10.1. The largest absolute Gasteiger partial charge is 0.355 e. The van der Waals surface area contributed by atoms with Crippen LogP contribution in [-0.4, -0.2) is 27.4 Å². The maximum absolute atomic E-state index is 12.0. The summed E-state index contributed by atoms with van der Waals surface area (Å²) in [5, 5.41) is 11.2. The molecule has 0 aliphatic rings. The molecule has 0 atom stereocenters. The van der Waals surface area contributed by atoms with Crippen molar-refractivity contribution in [2.24, 2.45) is 0 Å². The van der Waals surface area contributed by atoms with Crippen LogP contribution in [0.4, 0.5) is 0 Å². The highest BCUT2D eigenvalue weighted by Gasteiger charge is 2.13. The van der Waals surface area contributed by atoms with Crippen LogP contribution in [0.2, 0.25) is 5.02 Å². The fraction of sp³-hybridized carbons (Fsp3) is 0.188. The number of nitrogens with zero attached hydrogens (tertiary/aromatic N) is 3. The first-order chi connectivity index (χ1) is 11.1. The van der Waals surface area contributed by atoms with Gasteiger partial charge in [0.2, 0.25) is 0 Å². The van der Waals surface area contributed by atoms with E-state index in [0.717, 1.165) is 11.1 Å². The molecule has 0 saturated carbocycles.